The van der Waals surface area contributed by atoms with Crippen molar-refractivity contribution in [3.8, 4) is 23.0 Å². The van der Waals surface area contributed by atoms with Crippen LogP contribution in [0.2, 0.25) is 0 Å². The van der Waals surface area contributed by atoms with E-state index < -0.39 is 0 Å². The van der Waals surface area contributed by atoms with Crippen molar-refractivity contribution in [1.82, 2.24) is 0 Å². The predicted molar refractivity (Wildman–Crippen MR) is 224 cm³/mol. The van der Waals surface area contributed by atoms with Crippen molar-refractivity contribution in [3.05, 3.63) is 182 Å². The third-order valence-electron chi connectivity index (χ3n) is 11.6. The molecule has 280 valence electrons. The smallest absolute Gasteiger partial charge is 0.209 e. The maximum atomic E-state index is 11.9. The van der Waals surface area contributed by atoms with E-state index in [2.05, 4.69) is 61.9 Å². The number of pyridine rings is 1. The number of fused-ring (bicyclic) bond motifs is 9. The van der Waals surface area contributed by atoms with Gasteiger partial charge in [-0.15, -0.1) is 0 Å². The van der Waals surface area contributed by atoms with Gasteiger partial charge in [-0.25, -0.2) is 4.57 Å². The van der Waals surface area contributed by atoms with Crippen LogP contribution in [-0.4, -0.2) is 37.8 Å². The Balaban J connectivity index is 1.25. The summed E-state index contributed by atoms with van der Waals surface area (Å²) in [4.78, 5) is 0. The molecule has 0 unspecified atom stereocenters. The first-order chi connectivity index (χ1) is 26.8. The Labute approximate surface area is 329 Å². The van der Waals surface area contributed by atoms with Crippen LogP contribution in [0.1, 0.15) is 86.2 Å². The van der Waals surface area contributed by atoms with Gasteiger partial charge >= 0.3 is 0 Å². The molecular formula is C50H48N2O4+2. The van der Waals surface area contributed by atoms with E-state index in [1.807, 2.05) is 110 Å². The molecule has 2 heterocycles. The molecule has 4 N–H and O–H groups in total. The molecule has 1 aliphatic heterocycles. The number of nitrogens with zero attached hydrogens (tertiary/aromatic N) is 2. The third kappa shape index (κ3) is 6.88. The van der Waals surface area contributed by atoms with E-state index in [-0.39, 0.29) is 47.7 Å². The quantitative estimate of drug-likeness (QED) is 0.136. The van der Waals surface area contributed by atoms with Crippen LogP contribution < -0.4 is 4.57 Å². The summed E-state index contributed by atoms with van der Waals surface area (Å²) >= 11 is 0. The lowest BCUT2D eigenvalue weighted by Crippen LogP contribution is -2.26. The van der Waals surface area contributed by atoms with Crippen LogP contribution in [-0.2, 0) is 38.1 Å². The fourth-order valence-corrected chi connectivity index (χ4v) is 8.55. The number of aromatic hydroxyl groups is 4. The first kappa shape index (κ1) is 36.6. The number of benzene rings is 5. The molecule has 8 bridgehead atoms. The van der Waals surface area contributed by atoms with Crippen molar-refractivity contribution in [1.29, 1.82) is 0 Å². The molecule has 6 heteroatoms. The summed E-state index contributed by atoms with van der Waals surface area (Å²) in [5.74, 6) is 0.576. The Kier molecular flexibility index (Phi) is 9.37. The lowest BCUT2D eigenvalue weighted by atomic mass is 9.81. The second-order valence-electron chi connectivity index (χ2n) is 16.0. The van der Waals surface area contributed by atoms with Crippen LogP contribution >= 0.6 is 0 Å². The largest absolute Gasteiger partial charge is 0.507 e. The van der Waals surface area contributed by atoms with Crippen molar-refractivity contribution >= 4 is 29.6 Å². The highest BCUT2D eigenvalue weighted by Crippen LogP contribution is 2.41. The van der Waals surface area contributed by atoms with E-state index in [0.717, 1.165) is 28.0 Å². The number of phenols is 4. The summed E-state index contributed by atoms with van der Waals surface area (Å²) in [5.41, 5.74) is 12.7. The van der Waals surface area contributed by atoms with Gasteiger partial charge in [0.2, 0.25) is 5.69 Å². The van der Waals surface area contributed by atoms with Gasteiger partial charge in [-0.05, 0) is 112 Å². The van der Waals surface area contributed by atoms with E-state index >= 15 is 0 Å². The monoisotopic (exact) mass is 740 g/mol. The summed E-state index contributed by atoms with van der Waals surface area (Å²) in [6, 6.07) is 30.1. The number of para-hydroxylation sites is 2. The number of phenolic OH excluding ortho intramolecular Hbond substituents is 4. The number of hydrogen-bond donors (Lipinski definition) is 4. The molecular weight excluding hydrogens is 693 g/mol. The van der Waals surface area contributed by atoms with Crippen molar-refractivity contribution < 1.29 is 29.6 Å². The Morgan fingerprint density at radius 3 is 1.45 bits per heavy atom. The zero-order valence-electron chi connectivity index (χ0n) is 32.6. The van der Waals surface area contributed by atoms with Crippen molar-refractivity contribution in [2.24, 2.45) is 7.05 Å². The van der Waals surface area contributed by atoms with Gasteiger partial charge in [-0.3, -0.25) is 0 Å². The van der Waals surface area contributed by atoms with Gasteiger partial charge in [0.15, 0.2) is 18.1 Å². The molecule has 0 saturated carbocycles. The SMILES string of the molecule is Cc1cc2c(O)c(c1)Cc1cc(/C=C/c3cc[n+](C)cc3)cc(c1O)Cc1cccc(c1O)Cc1cc(/C=C/C3=[N+](C)c4ccccc4C3(C)C)cc(c1O)C2. The van der Waals surface area contributed by atoms with Gasteiger partial charge in [0.1, 0.15) is 37.1 Å². The summed E-state index contributed by atoms with van der Waals surface area (Å²) in [5, 5.41) is 47.3. The Hall–Kier alpha value is -6.40. The number of hydrogen-bond acceptors (Lipinski definition) is 4. The first-order valence-electron chi connectivity index (χ1n) is 19.2. The number of aromatic nitrogens is 1. The molecule has 1 aliphatic carbocycles. The molecule has 0 radical (unpaired) electrons. The Morgan fingerprint density at radius 2 is 0.929 bits per heavy atom. The van der Waals surface area contributed by atoms with Crippen LogP contribution in [0.25, 0.3) is 18.2 Å². The van der Waals surface area contributed by atoms with Gasteiger partial charge in [0.05, 0.1) is 5.41 Å². The Morgan fingerprint density at radius 1 is 0.500 bits per heavy atom. The lowest BCUT2D eigenvalue weighted by molar-refractivity contribution is -0.671. The predicted octanol–water partition coefficient (Wildman–Crippen LogP) is 9.21. The van der Waals surface area contributed by atoms with Crippen molar-refractivity contribution in [2.45, 2.75) is 51.9 Å². The van der Waals surface area contributed by atoms with E-state index in [4.69, 9.17) is 0 Å². The average molecular weight is 741 g/mol. The van der Waals surface area contributed by atoms with Crippen molar-refractivity contribution in [3.63, 3.8) is 0 Å². The normalized spacial score (nSPS) is 14.8. The molecule has 0 spiro atoms. The lowest BCUT2D eigenvalue weighted by Gasteiger charge is -2.19. The van der Waals surface area contributed by atoms with Crippen LogP contribution in [0.15, 0.2) is 109 Å². The Bertz CT molecular complexity index is 2630. The first-order valence-corrected chi connectivity index (χ1v) is 19.2. The number of aryl methyl sites for hydroxylation is 2. The summed E-state index contributed by atoms with van der Waals surface area (Å²) in [6.45, 7) is 6.48. The van der Waals surface area contributed by atoms with Crippen molar-refractivity contribution in [2.75, 3.05) is 7.05 Å². The molecule has 5 aromatic carbocycles. The molecule has 8 rings (SSSR count). The molecule has 0 amide bonds. The van der Waals surface area contributed by atoms with Crippen LogP contribution in [0.5, 0.6) is 23.0 Å². The van der Waals surface area contributed by atoms with E-state index in [0.29, 0.717) is 50.9 Å². The van der Waals surface area contributed by atoms with E-state index in [1.54, 1.807) is 0 Å². The number of allylic oxidation sites excluding steroid dienone is 1. The number of rotatable bonds is 4. The fraction of sp³-hybridized carbons (Fsp3) is 0.200. The van der Waals surface area contributed by atoms with Crippen LogP contribution in [0.3, 0.4) is 0 Å². The summed E-state index contributed by atoms with van der Waals surface area (Å²) in [7, 11) is 4.08. The van der Waals surface area contributed by atoms with E-state index in [9.17, 15) is 20.4 Å². The van der Waals surface area contributed by atoms with Gasteiger partial charge < -0.3 is 20.4 Å². The average Bonchev–Trinajstić information content (AvgIpc) is 3.37. The minimum Gasteiger partial charge on any atom is -0.507 e. The molecule has 56 heavy (non-hydrogen) atoms. The fourth-order valence-electron chi connectivity index (χ4n) is 8.55. The van der Waals surface area contributed by atoms with Gasteiger partial charge in [-0.1, -0.05) is 66.2 Å². The zero-order chi connectivity index (χ0) is 39.3. The van der Waals surface area contributed by atoms with Crippen LogP contribution in [0.4, 0.5) is 5.69 Å². The van der Waals surface area contributed by atoms with Gasteiger partial charge in [0.25, 0.3) is 0 Å². The molecule has 6 aromatic rings. The maximum Gasteiger partial charge on any atom is 0.209 e. The molecule has 0 saturated heterocycles. The maximum absolute atomic E-state index is 11.9. The highest BCUT2D eigenvalue weighted by molar-refractivity contribution is 6.05. The minimum atomic E-state index is -0.199. The zero-order valence-corrected chi connectivity index (χ0v) is 32.6. The molecule has 6 nitrogen and oxygen atoms in total. The standard InChI is InChI=1S/C50H46N2O4/c1-31-21-37-29-41-24-33(14-13-32-17-19-51(4)20-18-32)23-39(48(41)55)27-35-9-8-10-36(46(35)53)28-40-25-34(26-42(49(40)56)30-38(22-31)47(37)54)15-16-45-50(2,3)43-11-6-7-12-44(43)52(45)5/h6-26,53-54H,27-30H2,1-5H3/p+2. The van der Waals surface area contributed by atoms with Gasteiger partial charge in [-0.2, -0.15) is 4.58 Å². The second kappa shape index (κ2) is 14.3. The summed E-state index contributed by atoms with van der Waals surface area (Å²) < 4.78 is 4.23. The molecule has 0 atom stereocenters. The molecule has 2 aliphatic rings. The van der Waals surface area contributed by atoms with Gasteiger partial charge in [0, 0.05) is 55.5 Å². The molecule has 1 aromatic heterocycles. The third-order valence-corrected chi connectivity index (χ3v) is 11.6. The topological polar surface area (TPSA) is 87.8 Å². The molecule has 0 fully saturated rings. The highest BCUT2D eigenvalue weighted by atomic mass is 16.3. The van der Waals surface area contributed by atoms with Crippen LogP contribution in [0, 0.1) is 6.92 Å². The summed E-state index contributed by atoms with van der Waals surface area (Å²) in [6.07, 6.45) is 13.5. The highest BCUT2D eigenvalue weighted by Gasteiger charge is 2.42. The van der Waals surface area contributed by atoms with E-state index in [1.165, 1.54) is 11.3 Å². The minimum absolute atomic E-state index is 0.140. The second-order valence-corrected chi connectivity index (χ2v) is 16.0.